The van der Waals surface area contributed by atoms with Gasteiger partial charge in [0.05, 0.1) is 24.4 Å². The highest BCUT2D eigenvalue weighted by atomic mass is 16.5. The van der Waals surface area contributed by atoms with E-state index in [0.29, 0.717) is 12.5 Å². The number of rotatable bonds is 4. The number of ether oxygens (including phenoxy) is 1. The second-order valence-electron chi connectivity index (χ2n) is 5.69. The van der Waals surface area contributed by atoms with E-state index in [1.54, 1.807) is 18.1 Å². The first kappa shape index (κ1) is 13.4. The van der Waals surface area contributed by atoms with Crippen LogP contribution in [0, 0.1) is 5.92 Å². The van der Waals surface area contributed by atoms with Crippen LogP contribution < -0.4 is 5.32 Å². The number of hydrogen-bond donors (Lipinski definition) is 1. The van der Waals surface area contributed by atoms with Crippen molar-refractivity contribution in [3.8, 4) is 0 Å². The minimum Gasteiger partial charge on any atom is -0.376 e. The Morgan fingerprint density at radius 2 is 2.30 bits per heavy atom. The van der Waals surface area contributed by atoms with E-state index in [4.69, 9.17) is 4.74 Å². The van der Waals surface area contributed by atoms with Gasteiger partial charge in [-0.3, -0.25) is 4.98 Å². The van der Waals surface area contributed by atoms with Crippen molar-refractivity contribution in [3.63, 3.8) is 0 Å². The molecule has 1 N–H and O–H groups in total. The number of carbonyl (C=O) groups is 1. The maximum absolute atomic E-state index is 12.2. The molecule has 5 nitrogen and oxygen atoms in total. The Morgan fingerprint density at radius 3 is 3.00 bits per heavy atom. The minimum atomic E-state index is -0.0446. The van der Waals surface area contributed by atoms with E-state index in [9.17, 15) is 4.79 Å². The summed E-state index contributed by atoms with van der Waals surface area (Å²) in [5.41, 5.74) is 0.895. The van der Waals surface area contributed by atoms with E-state index in [1.807, 2.05) is 18.2 Å². The summed E-state index contributed by atoms with van der Waals surface area (Å²) in [7, 11) is 1.80. The fourth-order valence-electron chi connectivity index (χ4n) is 2.73. The Labute approximate surface area is 119 Å². The molecule has 2 fully saturated rings. The van der Waals surface area contributed by atoms with Gasteiger partial charge in [-0.15, -0.1) is 0 Å². The highest BCUT2D eigenvalue weighted by Gasteiger charge is 2.41. The highest BCUT2D eigenvalue weighted by molar-refractivity contribution is 5.74. The van der Waals surface area contributed by atoms with Gasteiger partial charge in [0.2, 0.25) is 0 Å². The number of pyridine rings is 1. The van der Waals surface area contributed by atoms with Crippen molar-refractivity contribution >= 4 is 6.03 Å². The molecular formula is C15H21N3O2. The molecule has 1 saturated heterocycles. The fourth-order valence-corrected chi connectivity index (χ4v) is 2.73. The van der Waals surface area contributed by atoms with Crippen LogP contribution in [0.2, 0.25) is 0 Å². The lowest BCUT2D eigenvalue weighted by molar-refractivity contribution is 0.0812. The first-order valence-corrected chi connectivity index (χ1v) is 7.27. The van der Waals surface area contributed by atoms with Crippen molar-refractivity contribution < 1.29 is 9.53 Å². The Bertz CT molecular complexity index is 461. The summed E-state index contributed by atoms with van der Waals surface area (Å²) in [6.45, 7) is 1.28. The van der Waals surface area contributed by atoms with Gasteiger partial charge in [-0.1, -0.05) is 6.07 Å². The van der Waals surface area contributed by atoms with Crippen molar-refractivity contribution in [2.75, 3.05) is 13.7 Å². The molecule has 0 unspecified atom stereocenters. The molecule has 1 aliphatic heterocycles. The average Bonchev–Trinajstić information content (AvgIpc) is 3.20. The molecule has 1 aromatic heterocycles. The van der Waals surface area contributed by atoms with Gasteiger partial charge in [0, 0.05) is 19.9 Å². The largest absolute Gasteiger partial charge is 0.376 e. The maximum atomic E-state index is 12.2. The predicted molar refractivity (Wildman–Crippen MR) is 75.1 cm³/mol. The quantitative estimate of drug-likeness (QED) is 0.911. The van der Waals surface area contributed by atoms with E-state index >= 15 is 0 Å². The van der Waals surface area contributed by atoms with E-state index in [2.05, 4.69) is 10.3 Å². The summed E-state index contributed by atoms with van der Waals surface area (Å²) >= 11 is 0. The van der Waals surface area contributed by atoms with Crippen LogP contribution in [-0.2, 0) is 11.3 Å². The van der Waals surface area contributed by atoms with Crippen molar-refractivity contribution in [2.45, 2.75) is 38.0 Å². The molecule has 2 atom stereocenters. The van der Waals surface area contributed by atoms with Gasteiger partial charge in [0.25, 0.3) is 0 Å². The number of urea groups is 1. The van der Waals surface area contributed by atoms with E-state index in [-0.39, 0.29) is 18.2 Å². The molecular weight excluding hydrogens is 254 g/mol. The van der Waals surface area contributed by atoms with Gasteiger partial charge in [0.15, 0.2) is 0 Å². The van der Waals surface area contributed by atoms with Gasteiger partial charge >= 0.3 is 6.03 Å². The van der Waals surface area contributed by atoms with Crippen LogP contribution in [0.4, 0.5) is 4.79 Å². The third-order valence-electron chi connectivity index (χ3n) is 4.00. The second-order valence-corrected chi connectivity index (χ2v) is 5.69. The van der Waals surface area contributed by atoms with E-state index < -0.39 is 0 Å². The number of nitrogens with zero attached hydrogens (tertiary/aromatic N) is 2. The normalized spacial score (nSPS) is 25.4. The molecule has 5 heteroatoms. The first-order valence-electron chi connectivity index (χ1n) is 7.27. The second kappa shape index (κ2) is 5.79. The van der Waals surface area contributed by atoms with Crippen molar-refractivity contribution in [3.05, 3.63) is 30.1 Å². The molecule has 0 bridgehead atoms. The molecule has 3 rings (SSSR count). The molecule has 0 spiro atoms. The summed E-state index contributed by atoms with van der Waals surface area (Å²) in [5, 5.41) is 3.10. The van der Waals surface area contributed by atoms with Crippen LogP contribution in [0.15, 0.2) is 24.4 Å². The number of carbonyl (C=O) groups excluding carboxylic acids is 1. The summed E-state index contributed by atoms with van der Waals surface area (Å²) in [6, 6.07) is 5.86. The van der Waals surface area contributed by atoms with Crippen LogP contribution in [0.3, 0.4) is 0 Å². The monoisotopic (exact) mass is 275 g/mol. The molecule has 108 valence electrons. The number of amides is 2. The molecule has 2 aliphatic rings. The highest BCUT2D eigenvalue weighted by Crippen LogP contribution is 2.38. The van der Waals surface area contributed by atoms with Gasteiger partial charge in [0.1, 0.15) is 0 Å². The lowest BCUT2D eigenvalue weighted by Gasteiger charge is -2.23. The molecule has 1 aromatic rings. The molecule has 2 heterocycles. The molecule has 0 aromatic carbocycles. The van der Waals surface area contributed by atoms with Gasteiger partial charge < -0.3 is 15.0 Å². The number of hydrogen-bond acceptors (Lipinski definition) is 3. The third kappa shape index (κ3) is 3.10. The summed E-state index contributed by atoms with van der Waals surface area (Å²) < 4.78 is 5.74. The topological polar surface area (TPSA) is 54.5 Å². The minimum absolute atomic E-state index is 0.0446. The van der Waals surface area contributed by atoms with Crippen molar-refractivity contribution in [2.24, 2.45) is 5.92 Å². The fraction of sp³-hybridized carbons (Fsp3) is 0.600. The molecule has 20 heavy (non-hydrogen) atoms. The Morgan fingerprint density at radius 1 is 1.45 bits per heavy atom. The van der Waals surface area contributed by atoms with Crippen LogP contribution in [-0.4, -0.2) is 41.7 Å². The van der Waals surface area contributed by atoms with Crippen LogP contribution in [0.5, 0.6) is 0 Å². The standard InChI is InChI=1S/C15H21N3O2/c1-18(10-12-4-2-3-8-16-12)15(19)17-13-7-9-20-14(13)11-5-6-11/h2-4,8,11,13-14H,5-7,9-10H2,1H3,(H,17,19)/t13-,14-/m1/s1. The Kier molecular flexibility index (Phi) is 3.87. The Balaban J connectivity index is 1.53. The smallest absolute Gasteiger partial charge is 0.317 e. The third-order valence-corrected chi connectivity index (χ3v) is 4.00. The first-order chi connectivity index (χ1) is 9.74. The van der Waals surface area contributed by atoms with Crippen molar-refractivity contribution in [1.29, 1.82) is 0 Å². The average molecular weight is 275 g/mol. The van der Waals surface area contributed by atoms with E-state index in [0.717, 1.165) is 18.7 Å². The van der Waals surface area contributed by atoms with Crippen LogP contribution in [0.25, 0.3) is 0 Å². The Hall–Kier alpha value is -1.62. The zero-order valence-electron chi connectivity index (χ0n) is 11.8. The molecule has 0 radical (unpaired) electrons. The van der Waals surface area contributed by atoms with Crippen molar-refractivity contribution in [1.82, 2.24) is 15.2 Å². The lowest BCUT2D eigenvalue weighted by atomic mass is 10.1. The predicted octanol–water partition coefficient (Wildman–Crippen LogP) is 1.79. The number of aromatic nitrogens is 1. The summed E-state index contributed by atoms with van der Waals surface area (Å²) in [5.74, 6) is 0.656. The lowest BCUT2D eigenvalue weighted by Crippen LogP contribution is -2.46. The molecule has 2 amide bonds. The van der Waals surface area contributed by atoms with Gasteiger partial charge in [-0.25, -0.2) is 4.79 Å². The van der Waals surface area contributed by atoms with E-state index in [1.165, 1.54) is 12.8 Å². The summed E-state index contributed by atoms with van der Waals surface area (Å²) in [6.07, 6.45) is 5.36. The summed E-state index contributed by atoms with van der Waals surface area (Å²) in [4.78, 5) is 18.1. The zero-order chi connectivity index (χ0) is 13.9. The number of nitrogens with one attached hydrogen (secondary N) is 1. The van der Waals surface area contributed by atoms with Gasteiger partial charge in [-0.05, 0) is 37.3 Å². The molecule has 1 aliphatic carbocycles. The zero-order valence-corrected chi connectivity index (χ0v) is 11.8. The molecule has 1 saturated carbocycles. The maximum Gasteiger partial charge on any atom is 0.317 e. The SMILES string of the molecule is CN(Cc1ccccn1)C(=O)N[C@@H]1CCO[C@@H]1C1CC1. The van der Waals surface area contributed by atoms with Gasteiger partial charge in [-0.2, -0.15) is 0 Å². The van der Waals surface area contributed by atoms with Crippen LogP contribution in [0.1, 0.15) is 25.0 Å². The van der Waals surface area contributed by atoms with Crippen LogP contribution >= 0.6 is 0 Å².